The lowest BCUT2D eigenvalue weighted by atomic mass is 10.0. The minimum atomic E-state index is -1.23. The number of aliphatic hydroxyl groups is 2. The second kappa shape index (κ2) is 37.0. The molecule has 0 aliphatic carbocycles. The molecule has 2 unspecified atom stereocenters. The number of ether oxygens (including phenoxy) is 1. The molecule has 0 saturated carbocycles. The Morgan fingerprint density at radius 3 is 1.36 bits per heavy atom. The van der Waals surface area contributed by atoms with E-state index in [1.165, 1.54) is 103 Å². The highest BCUT2D eigenvalue weighted by Crippen LogP contribution is 2.15. The SMILES string of the molecule is CCCCC/C=C\C/C=C\C/C=C\C/C=C\CCCCOC(CO)C(O)C(=O)CCCCCCCCCCCCCCCCC. The number of allylic oxidation sites excluding steroid dienone is 8. The molecule has 0 aliphatic heterocycles. The molecule has 0 aromatic heterocycles. The van der Waals surface area contributed by atoms with Crippen molar-refractivity contribution in [3.8, 4) is 0 Å². The number of hydrogen-bond acceptors (Lipinski definition) is 4. The van der Waals surface area contributed by atoms with Crippen molar-refractivity contribution < 1.29 is 19.7 Å². The number of Topliss-reactive ketones (excluding diaryl/α,β-unsaturated/α-hetero) is 1. The summed E-state index contributed by atoms with van der Waals surface area (Å²) in [5.41, 5.74) is 0. The van der Waals surface area contributed by atoms with Gasteiger partial charge in [-0.15, -0.1) is 0 Å². The number of ketones is 1. The molecule has 4 nitrogen and oxygen atoms in total. The van der Waals surface area contributed by atoms with Gasteiger partial charge in [-0.05, 0) is 57.8 Å². The Balaban J connectivity index is 3.67. The summed E-state index contributed by atoms with van der Waals surface area (Å²) in [5.74, 6) is -0.204. The minimum absolute atomic E-state index is 0.204. The normalized spacial score (nSPS) is 13.7. The van der Waals surface area contributed by atoms with E-state index in [1.807, 2.05) is 0 Å². The van der Waals surface area contributed by atoms with Crippen molar-refractivity contribution >= 4 is 5.78 Å². The molecule has 0 rings (SSSR count). The molecule has 0 saturated heterocycles. The fourth-order valence-corrected chi connectivity index (χ4v) is 5.43. The quantitative estimate of drug-likeness (QED) is 0.0540. The summed E-state index contributed by atoms with van der Waals surface area (Å²) < 4.78 is 5.67. The third-order valence-electron chi connectivity index (χ3n) is 8.44. The van der Waals surface area contributed by atoms with Gasteiger partial charge in [0.05, 0.1) is 6.61 Å². The van der Waals surface area contributed by atoms with Gasteiger partial charge < -0.3 is 14.9 Å². The van der Waals surface area contributed by atoms with Gasteiger partial charge >= 0.3 is 0 Å². The molecule has 262 valence electrons. The molecule has 0 fully saturated rings. The highest BCUT2D eigenvalue weighted by Gasteiger charge is 2.25. The maximum atomic E-state index is 12.4. The first kappa shape index (κ1) is 43.5. The number of aliphatic hydroxyl groups excluding tert-OH is 2. The highest BCUT2D eigenvalue weighted by molar-refractivity contribution is 5.83. The number of unbranched alkanes of at least 4 members (excludes halogenated alkanes) is 19. The zero-order valence-electron chi connectivity index (χ0n) is 29.8. The van der Waals surface area contributed by atoms with Gasteiger partial charge in [0.25, 0.3) is 0 Å². The molecule has 4 heteroatoms. The molecule has 0 amide bonds. The number of rotatable bonds is 35. The van der Waals surface area contributed by atoms with Crippen LogP contribution in [-0.2, 0) is 9.53 Å². The average molecular weight is 631 g/mol. The van der Waals surface area contributed by atoms with Crippen molar-refractivity contribution in [3.05, 3.63) is 48.6 Å². The van der Waals surface area contributed by atoms with Crippen molar-refractivity contribution in [1.29, 1.82) is 0 Å². The van der Waals surface area contributed by atoms with Crippen molar-refractivity contribution in [3.63, 3.8) is 0 Å². The second-order valence-electron chi connectivity index (χ2n) is 12.8. The molecule has 0 aromatic rings. The van der Waals surface area contributed by atoms with Crippen LogP contribution in [-0.4, -0.2) is 41.4 Å². The second-order valence-corrected chi connectivity index (χ2v) is 12.8. The zero-order valence-corrected chi connectivity index (χ0v) is 29.8. The van der Waals surface area contributed by atoms with Gasteiger partial charge in [-0.3, -0.25) is 4.79 Å². The van der Waals surface area contributed by atoms with E-state index in [-0.39, 0.29) is 12.4 Å². The van der Waals surface area contributed by atoms with Gasteiger partial charge in [-0.1, -0.05) is 165 Å². The Morgan fingerprint density at radius 2 is 0.911 bits per heavy atom. The van der Waals surface area contributed by atoms with E-state index in [0.717, 1.165) is 57.8 Å². The molecule has 0 radical (unpaired) electrons. The summed E-state index contributed by atoms with van der Waals surface area (Å²) in [7, 11) is 0. The molecule has 0 heterocycles. The van der Waals surface area contributed by atoms with Crippen LogP contribution in [0.2, 0.25) is 0 Å². The third kappa shape index (κ3) is 32.2. The lowest BCUT2D eigenvalue weighted by Crippen LogP contribution is -2.38. The number of carbonyl (C=O) groups excluding carboxylic acids is 1. The first-order chi connectivity index (χ1) is 22.2. The van der Waals surface area contributed by atoms with Crippen molar-refractivity contribution in [1.82, 2.24) is 0 Å². The van der Waals surface area contributed by atoms with E-state index in [9.17, 15) is 15.0 Å². The minimum Gasteiger partial charge on any atom is -0.394 e. The van der Waals surface area contributed by atoms with Crippen LogP contribution in [0.5, 0.6) is 0 Å². The summed E-state index contributed by atoms with van der Waals surface area (Å²) in [6.45, 7) is 4.63. The largest absolute Gasteiger partial charge is 0.394 e. The van der Waals surface area contributed by atoms with E-state index >= 15 is 0 Å². The third-order valence-corrected chi connectivity index (χ3v) is 8.44. The van der Waals surface area contributed by atoms with E-state index in [4.69, 9.17) is 4.74 Å². The van der Waals surface area contributed by atoms with Crippen LogP contribution in [0.1, 0.15) is 181 Å². The average Bonchev–Trinajstić information content (AvgIpc) is 3.05. The predicted molar refractivity (Wildman–Crippen MR) is 196 cm³/mol. The van der Waals surface area contributed by atoms with Crippen molar-refractivity contribution in [2.75, 3.05) is 13.2 Å². The van der Waals surface area contributed by atoms with Gasteiger partial charge in [-0.25, -0.2) is 0 Å². The standard InChI is InChI=1S/C41H74O4/c1-3-5-7-9-11-13-15-17-19-20-21-23-25-27-29-31-33-35-37-45-40(38-42)41(44)39(43)36-34-32-30-28-26-24-22-18-16-14-12-10-8-6-4-2/h11,13,17,19,21,23,27,29,40-42,44H,3-10,12,14-16,18,20,22,24-26,28,30-38H2,1-2H3/b13-11-,19-17-,23-21-,29-27-. The van der Waals surface area contributed by atoms with E-state index in [2.05, 4.69) is 62.5 Å². The van der Waals surface area contributed by atoms with Gasteiger partial charge in [0.15, 0.2) is 5.78 Å². The fraction of sp³-hybridized carbons (Fsp3) is 0.780. The highest BCUT2D eigenvalue weighted by atomic mass is 16.5. The molecular formula is C41H74O4. The van der Waals surface area contributed by atoms with Crippen molar-refractivity contribution in [2.45, 2.75) is 193 Å². The number of hydrogen-bond donors (Lipinski definition) is 2. The van der Waals surface area contributed by atoms with Crippen LogP contribution in [0.15, 0.2) is 48.6 Å². The number of carbonyl (C=O) groups is 1. The maximum Gasteiger partial charge on any atom is 0.164 e. The fourth-order valence-electron chi connectivity index (χ4n) is 5.43. The molecule has 45 heavy (non-hydrogen) atoms. The molecule has 0 aromatic carbocycles. The summed E-state index contributed by atoms with van der Waals surface area (Å²) in [6.07, 6.45) is 46.3. The van der Waals surface area contributed by atoms with E-state index < -0.39 is 12.2 Å². The van der Waals surface area contributed by atoms with Crippen LogP contribution in [0.25, 0.3) is 0 Å². The van der Waals surface area contributed by atoms with E-state index in [0.29, 0.717) is 13.0 Å². The van der Waals surface area contributed by atoms with Crippen LogP contribution in [0, 0.1) is 0 Å². The molecule has 0 aliphatic rings. The van der Waals surface area contributed by atoms with Gasteiger partial charge in [-0.2, -0.15) is 0 Å². The molecule has 0 bridgehead atoms. The van der Waals surface area contributed by atoms with Gasteiger partial charge in [0.1, 0.15) is 12.2 Å². The molecule has 2 atom stereocenters. The Morgan fingerprint density at radius 1 is 0.533 bits per heavy atom. The van der Waals surface area contributed by atoms with Crippen LogP contribution in [0.3, 0.4) is 0 Å². The predicted octanol–water partition coefficient (Wildman–Crippen LogP) is 11.7. The smallest absolute Gasteiger partial charge is 0.164 e. The first-order valence-corrected chi connectivity index (χ1v) is 19.2. The molecular weight excluding hydrogens is 556 g/mol. The Bertz CT molecular complexity index is 723. The Hall–Kier alpha value is -1.49. The van der Waals surface area contributed by atoms with E-state index in [1.54, 1.807) is 0 Å². The van der Waals surface area contributed by atoms with Gasteiger partial charge in [0.2, 0.25) is 0 Å². The summed E-state index contributed by atoms with van der Waals surface area (Å²) >= 11 is 0. The maximum absolute atomic E-state index is 12.4. The van der Waals surface area contributed by atoms with Crippen LogP contribution >= 0.6 is 0 Å². The summed E-state index contributed by atoms with van der Waals surface area (Å²) in [5, 5.41) is 20.0. The van der Waals surface area contributed by atoms with Crippen molar-refractivity contribution in [2.24, 2.45) is 0 Å². The first-order valence-electron chi connectivity index (χ1n) is 19.2. The summed E-state index contributed by atoms with van der Waals surface area (Å²) in [6, 6.07) is 0. The lowest BCUT2D eigenvalue weighted by Gasteiger charge is -2.20. The Labute approximate surface area is 279 Å². The topological polar surface area (TPSA) is 66.8 Å². The lowest BCUT2D eigenvalue weighted by molar-refractivity contribution is -0.139. The zero-order chi connectivity index (χ0) is 32.9. The van der Waals surface area contributed by atoms with Crippen LogP contribution in [0.4, 0.5) is 0 Å². The van der Waals surface area contributed by atoms with Gasteiger partial charge in [0, 0.05) is 13.0 Å². The van der Waals surface area contributed by atoms with Crippen LogP contribution < -0.4 is 0 Å². The monoisotopic (exact) mass is 631 g/mol. The molecule has 0 spiro atoms. The Kier molecular flexibility index (Phi) is 35.7. The molecule has 2 N–H and O–H groups in total. The summed E-state index contributed by atoms with van der Waals surface area (Å²) in [4.78, 5) is 12.4.